The standard InChI is InChI=1S/C18H32N4O2.HI/c1-5-7-9-15(6-2)12-19-18(21-14-17(23)22(3)4)20-13-16-10-8-11-24-16;/h8,10-11,15H,5-7,9,12-14H2,1-4H3,(H2,19,20,21);1H. The van der Waals surface area contributed by atoms with Crippen molar-refractivity contribution < 1.29 is 9.21 Å². The number of carbonyl (C=O) groups is 1. The van der Waals surface area contributed by atoms with Crippen molar-refractivity contribution >= 4 is 35.8 Å². The molecule has 0 aliphatic carbocycles. The molecule has 1 aromatic heterocycles. The number of aliphatic imine (C=N–C) groups is 1. The van der Waals surface area contributed by atoms with E-state index in [2.05, 4.69) is 29.5 Å². The fraction of sp³-hybridized carbons (Fsp3) is 0.667. The van der Waals surface area contributed by atoms with E-state index in [1.807, 2.05) is 12.1 Å². The van der Waals surface area contributed by atoms with Gasteiger partial charge in [0, 0.05) is 20.6 Å². The Hall–Kier alpha value is -1.25. The molecular weight excluding hydrogens is 431 g/mol. The molecule has 2 N–H and O–H groups in total. The van der Waals surface area contributed by atoms with Gasteiger partial charge in [-0.3, -0.25) is 4.79 Å². The first-order valence-electron chi connectivity index (χ1n) is 8.81. The van der Waals surface area contributed by atoms with Crippen molar-refractivity contribution in [2.45, 2.75) is 46.1 Å². The zero-order valence-electron chi connectivity index (χ0n) is 15.9. The van der Waals surface area contributed by atoms with Crippen LogP contribution in [0.5, 0.6) is 0 Å². The van der Waals surface area contributed by atoms with Gasteiger partial charge in [0.1, 0.15) is 12.3 Å². The number of hydrogen-bond donors (Lipinski definition) is 2. The highest BCUT2D eigenvalue weighted by Gasteiger charge is 2.09. The maximum absolute atomic E-state index is 11.8. The Bertz CT molecular complexity index is 489. The second-order valence-electron chi connectivity index (χ2n) is 6.18. The Labute approximate surface area is 168 Å². The Morgan fingerprint density at radius 3 is 2.64 bits per heavy atom. The molecule has 1 rings (SSSR count). The molecule has 0 radical (unpaired) electrons. The van der Waals surface area contributed by atoms with Crippen molar-refractivity contribution in [3.8, 4) is 0 Å². The predicted octanol–water partition coefficient (Wildman–Crippen LogP) is 3.24. The molecule has 1 aromatic rings. The van der Waals surface area contributed by atoms with Gasteiger partial charge in [-0.2, -0.15) is 0 Å². The van der Waals surface area contributed by atoms with Crippen molar-refractivity contribution in [2.75, 3.05) is 27.2 Å². The highest BCUT2D eigenvalue weighted by atomic mass is 127. The van der Waals surface area contributed by atoms with E-state index in [0.29, 0.717) is 18.4 Å². The van der Waals surface area contributed by atoms with Gasteiger partial charge in [0.05, 0.1) is 12.8 Å². The number of furan rings is 1. The summed E-state index contributed by atoms with van der Waals surface area (Å²) >= 11 is 0. The van der Waals surface area contributed by atoms with Crippen molar-refractivity contribution in [1.29, 1.82) is 0 Å². The topological polar surface area (TPSA) is 69.9 Å². The normalized spacial score (nSPS) is 12.2. The molecule has 0 spiro atoms. The van der Waals surface area contributed by atoms with E-state index in [1.54, 1.807) is 25.3 Å². The number of amides is 1. The number of guanidine groups is 1. The van der Waals surface area contributed by atoms with E-state index in [-0.39, 0.29) is 36.4 Å². The number of likely N-dealkylation sites (N-methyl/N-ethyl adjacent to an activating group) is 1. The molecule has 144 valence electrons. The second-order valence-corrected chi connectivity index (χ2v) is 6.18. The largest absolute Gasteiger partial charge is 0.467 e. The Kier molecular flexibility index (Phi) is 13.3. The first-order valence-corrected chi connectivity index (χ1v) is 8.81. The molecule has 1 atom stereocenters. The van der Waals surface area contributed by atoms with Gasteiger partial charge in [-0.15, -0.1) is 24.0 Å². The Balaban J connectivity index is 0.00000576. The summed E-state index contributed by atoms with van der Waals surface area (Å²) in [6.45, 7) is 5.96. The van der Waals surface area contributed by atoms with Crippen molar-refractivity contribution in [3.63, 3.8) is 0 Å². The minimum atomic E-state index is -0.0212. The quantitative estimate of drug-likeness (QED) is 0.317. The van der Waals surface area contributed by atoms with Crippen LogP contribution in [0.1, 0.15) is 45.3 Å². The van der Waals surface area contributed by atoms with E-state index in [9.17, 15) is 4.79 Å². The average Bonchev–Trinajstić information content (AvgIpc) is 3.09. The smallest absolute Gasteiger partial charge is 0.243 e. The number of nitrogens with zero attached hydrogens (tertiary/aromatic N) is 2. The second kappa shape index (κ2) is 14.0. The number of carbonyl (C=O) groups excluding carboxylic acids is 1. The molecular formula is C18H33IN4O2. The van der Waals surface area contributed by atoms with E-state index in [0.717, 1.165) is 18.7 Å². The summed E-state index contributed by atoms with van der Waals surface area (Å²) in [7, 11) is 3.47. The monoisotopic (exact) mass is 464 g/mol. The third kappa shape index (κ3) is 10.4. The lowest BCUT2D eigenvalue weighted by Gasteiger charge is -2.18. The highest BCUT2D eigenvalue weighted by Crippen LogP contribution is 2.11. The number of unbranched alkanes of at least 4 members (excludes halogenated alkanes) is 1. The third-order valence-corrected chi connectivity index (χ3v) is 3.98. The molecule has 0 saturated heterocycles. The van der Waals surface area contributed by atoms with E-state index >= 15 is 0 Å². The molecule has 1 amide bonds. The van der Waals surface area contributed by atoms with Crippen LogP contribution in [-0.2, 0) is 11.3 Å². The van der Waals surface area contributed by atoms with E-state index in [1.165, 1.54) is 19.3 Å². The zero-order valence-corrected chi connectivity index (χ0v) is 18.2. The fourth-order valence-corrected chi connectivity index (χ4v) is 2.23. The number of halogens is 1. The summed E-state index contributed by atoms with van der Waals surface area (Å²) < 4.78 is 5.33. The molecule has 0 saturated carbocycles. The van der Waals surface area contributed by atoms with Crippen LogP contribution in [0.15, 0.2) is 27.8 Å². The highest BCUT2D eigenvalue weighted by molar-refractivity contribution is 14.0. The number of rotatable bonds is 10. The number of hydrogen-bond acceptors (Lipinski definition) is 3. The zero-order chi connectivity index (χ0) is 17.8. The van der Waals surface area contributed by atoms with Crippen LogP contribution in [0.3, 0.4) is 0 Å². The first kappa shape index (κ1) is 23.8. The molecule has 7 heteroatoms. The molecule has 0 fully saturated rings. The lowest BCUT2D eigenvalue weighted by Crippen LogP contribution is -2.40. The molecule has 0 aliphatic heterocycles. The van der Waals surface area contributed by atoms with Gasteiger partial charge in [-0.05, 0) is 24.5 Å². The maximum atomic E-state index is 11.8. The van der Waals surface area contributed by atoms with Crippen molar-refractivity contribution in [1.82, 2.24) is 15.5 Å². The Morgan fingerprint density at radius 1 is 1.32 bits per heavy atom. The molecule has 25 heavy (non-hydrogen) atoms. The van der Waals surface area contributed by atoms with Gasteiger partial charge in [0.2, 0.25) is 5.91 Å². The summed E-state index contributed by atoms with van der Waals surface area (Å²) in [4.78, 5) is 17.7. The van der Waals surface area contributed by atoms with Gasteiger partial charge in [-0.1, -0.05) is 33.1 Å². The molecule has 6 nitrogen and oxygen atoms in total. The molecule has 0 aromatic carbocycles. The van der Waals surface area contributed by atoms with Gasteiger partial charge < -0.3 is 20.0 Å². The van der Waals surface area contributed by atoms with Gasteiger partial charge in [-0.25, -0.2) is 4.99 Å². The van der Waals surface area contributed by atoms with Crippen LogP contribution in [0.2, 0.25) is 0 Å². The van der Waals surface area contributed by atoms with Crippen molar-refractivity contribution in [3.05, 3.63) is 24.2 Å². The third-order valence-electron chi connectivity index (χ3n) is 3.98. The lowest BCUT2D eigenvalue weighted by molar-refractivity contribution is -0.127. The van der Waals surface area contributed by atoms with Crippen molar-refractivity contribution in [2.24, 2.45) is 10.9 Å². The van der Waals surface area contributed by atoms with E-state index < -0.39 is 0 Å². The number of nitrogens with one attached hydrogen (secondary N) is 2. The summed E-state index contributed by atoms with van der Waals surface area (Å²) in [5, 5.41) is 6.59. The summed E-state index contributed by atoms with van der Waals surface area (Å²) in [5.74, 6) is 2.08. The summed E-state index contributed by atoms with van der Waals surface area (Å²) in [6.07, 6.45) is 6.45. The first-order chi connectivity index (χ1) is 11.6. The molecule has 0 aliphatic rings. The SMILES string of the molecule is CCCCC(CC)CNC(=NCC(=O)N(C)C)NCc1ccco1.I. The van der Waals surface area contributed by atoms with Gasteiger partial charge in [0.15, 0.2) is 5.96 Å². The van der Waals surface area contributed by atoms with E-state index in [4.69, 9.17) is 4.42 Å². The van der Waals surface area contributed by atoms with Crippen LogP contribution in [0.25, 0.3) is 0 Å². The predicted molar refractivity (Wildman–Crippen MR) is 113 cm³/mol. The van der Waals surface area contributed by atoms with Gasteiger partial charge >= 0.3 is 0 Å². The molecule has 1 unspecified atom stereocenters. The summed E-state index contributed by atoms with van der Waals surface area (Å²) in [5.41, 5.74) is 0. The van der Waals surface area contributed by atoms with Crippen LogP contribution in [-0.4, -0.2) is 44.0 Å². The molecule has 1 heterocycles. The van der Waals surface area contributed by atoms with Crippen LogP contribution >= 0.6 is 24.0 Å². The minimum absolute atomic E-state index is 0. The summed E-state index contributed by atoms with van der Waals surface area (Å²) in [6, 6.07) is 3.76. The minimum Gasteiger partial charge on any atom is -0.467 e. The maximum Gasteiger partial charge on any atom is 0.243 e. The Morgan fingerprint density at radius 2 is 2.08 bits per heavy atom. The van der Waals surface area contributed by atoms with Crippen LogP contribution < -0.4 is 10.6 Å². The average molecular weight is 464 g/mol. The molecule has 0 bridgehead atoms. The van der Waals surface area contributed by atoms with Crippen LogP contribution in [0.4, 0.5) is 0 Å². The lowest BCUT2D eigenvalue weighted by atomic mass is 9.99. The fourth-order valence-electron chi connectivity index (χ4n) is 2.23. The van der Waals surface area contributed by atoms with Gasteiger partial charge in [0.25, 0.3) is 0 Å². The van der Waals surface area contributed by atoms with Crippen LogP contribution in [0, 0.1) is 5.92 Å².